The minimum absolute atomic E-state index is 0.527. The molecule has 2 rings (SSSR count). The molecule has 4 heteroatoms. The van der Waals surface area contributed by atoms with Crippen LogP contribution in [0.15, 0.2) is 4.99 Å². The van der Waals surface area contributed by atoms with Crippen molar-refractivity contribution >= 4 is 5.96 Å². The molecule has 2 aliphatic rings. The lowest BCUT2D eigenvalue weighted by molar-refractivity contribution is 0.353. The summed E-state index contributed by atoms with van der Waals surface area (Å²) in [5.74, 6) is 1.49. The highest BCUT2D eigenvalue weighted by Gasteiger charge is 2.24. The van der Waals surface area contributed by atoms with Gasteiger partial charge in [-0.15, -0.1) is 0 Å². The molecule has 1 atom stereocenters. The molecule has 0 radical (unpaired) electrons. The van der Waals surface area contributed by atoms with Gasteiger partial charge in [-0.3, -0.25) is 0 Å². The number of nitrogens with two attached hydrogens (primary N) is 1. The number of hydrogen-bond donors (Lipinski definition) is 1. The summed E-state index contributed by atoms with van der Waals surface area (Å²) in [5.41, 5.74) is 5.93. The summed E-state index contributed by atoms with van der Waals surface area (Å²) >= 11 is 0. The van der Waals surface area contributed by atoms with E-state index in [2.05, 4.69) is 28.9 Å². The first-order valence-corrected chi connectivity index (χ1v) is 5.88. The lowest BCUT2D eigenvalue weighted by atomic mass is 10.1. The molecule has 2 fully saturated rings. The fourth-order valence-corrected chi connectivity index (χ4v) is 2.15. The lowest BCUT2D eigenvalue weighted by Gasteiger charge is -2.22. The van der Waals surface area contributed by atoms with Gasteiger partial charge in [-0.05, 0) is 38.8 Å². The third-order valence-electron chi connectivity index (χ3n) is 3.27. The van der Waals surface area contributed by atoms with Crippen LogP contribution in [0.25, 0.3) is 0 Å². The van der Waals surface area contributed by atoms with Crippen molar-refractivity contribution in [3.8, 4) is 0 Å². The molecule has 1 aliphatic heterocycles. The molecule has 0 aromatic carbocycles. The van der Waals surface area contributed by atoms with E-state index in [1.165, 1.54) is 32.4 Å². The summed E-state index contributed by atoms with van der Waals surface area (Å²) in [7, 11) is 4.24. The highest BCUT2D eigenvalue weighted by atomic mass is 15.2. The second kappa shape index (κ2) is 4.39. The average molecular weight is 210 g/mol. The van der Waals surface area contributed by atoms with Crippen molar-refractivity contribution in [2.45, 2.75) is 25.3 Å². The number of rotatable bonds is 3. The molecule has 1 saturated heterocycles. The molecule has 1 saturated carbocycles. The van der Waals surface area contributed by atoms with Crippen LogP contribution in [0.4, 0.5) is 0 Å². The van der Waals surface area contributed by atoms with Crippen molar-refractivity contribution in [3.63, 3.8) is 0 Å². The molecule has 0 bridgehead atoms. The molecule has 0 aromatic rings. The maximum absolute atomic E-state index is 5.93. The Hall–Kier alpha value is -0.770. The molecule has 1 aliphatic carbocycles. The van der Waals surface area contributed by atoms with Gasteiger partial charge in [-0.2, -0.15) is 0 Å². The zero-order valence-corrected chi connectivity index (χ0v) is 9.82. The van der Waals surface area contributed by atoms with E-state index in [4.69, 9.17) is 5.73 Å². The van der Waals surface area contributed by atoms with Crippen LogP contribution in [0.5, 0.6) is 0 Å². The third kappa shape index (κ3) is 3.09. The molecule has 1 unspecified atom stereocenters. The fourth-order valence-electron chi connectivity index (χ4n) is 2.15. The average Bonchev–Trinajstić information content (AvgIpc) is 2.90. The minimum Gasteiger partial charge on any atom is -0.370 e. The first-order chi connectivity index (χ1) is 7.15. The van der Waals surface area contributed by atoms with Gasteiger partial charge >= 0.3 is 0 Å². The zero-order valence-electron chi connectivity index (χ0n) is 9.82. The van der Waals surface area contributed by atoms with E-state index in [1.807, 2.05) is 0 Å². The van der Waals surface area contributed by atoms with Crippen LogP contribution in [-0.4, -0.2) is 55.5 Å². The second-order valence-electron chi connectivity index (χ2n) is 5.02. The Bertz CT molecular complexity index is 247. The highest BCUT2D eigenvalue weighted by molar-refractivity contribution is 5.78. The molecule has 0 amide bonds. The van der Waals surface area contributed by atoms with E-state index < -0.39 is 0 Å². The van der Waals surface area contributed by atoms with Gasteiger partial charge in [-0.25, -0.2) is 4.99 Å². The largest absolute Gasteiger partial charge is 0.370 e. The van der Waals surface area contributed by atoms with Crippen molar-refractivity contribution in [2.75, 3.05) is 33.7 Å². The summed E-state index contributed by atoms with van der Waals surface area (Å²) in [4.78, 5) is 8.95. The van der Waals surface area contributed by atoms with Crippen LogP contribution >= 0.6 is 0 Å². The first-order valence-electron chi connectivity index (χ1n) is 5.88. The zero-order chi connectivity index (χ0) is 10.8. The third-order valence-corrected chi connectivity index (χ3v) is 3.27. The monoisotopic (exact) mass is 210 g/mol. The van der Waals surface area contributed by atoms with E-state index in [0.717, 1.165) is 18.4 Å². The summed E-state index contributed by atoms with van der Waals surface area (Å²) in [6, 6.07) is 0.527. The summed E-state index contributed by atoms with van der Waals surface area (Å²) in [5, 5.41) is 0. The van der Waals surface area contributed by atoms with Crippen LogP contribution in [0, 0.1) is 5.92 Å². The predicted molar refractivity (Wildman–Crippen MR) is 62.9 cm³/mol. The van der Waals surface area contributed by atoms with Crippen molar-refractivity contribution in [2.24, 2.45) is 16.6 Å². The van der Waals surface area contributed by atoms with Gasteiger partial charge in [0.25, 0.3) is 0 Å². The quantitative estimate of drug-likeness (QED) is 0.540. The van der Waals surface area contributed by atoms with Gasteiger partial charge in [0.2, 0.25) is 0 Å². The maximum atomic E-state index is 5.93. The van der Waals surface area contributed by atoms with Crippen LogP contribution in [-0.2, 0) is 0 Å². The number of nitrogens with zero attached hydrogens (tertiary/aromatic N) is 3. The van der Waals surface area contributed by atoms with Gasteiger partial charge in [0, 0.05) is 20.1 Å². The Balaban J connectivity index is 1.78. The van der Waals surface area contributed by atoms with Crippen molar-refractivity contribution < 1.29 is 0 Å². The molecule has 4 nitrogen and oxygen atoms in total. The first kappa shape index (κ1) is 10.7. The normalized spacial score (nSPS) is 28.4. The molecule has 0 aromatic heterocycles. The van der Waals surface area contributed by atoms with Crippen LogP contribution < -0.4 is 5.73 Å². The van der Waals surface area contributed by atoms with E-state index in [9.17, 15) is 0 Å². The van der Waals surface area contributed by atoms with E-state index >= 15 is 0 Å². The number of guanidine groups is 1. The molecule has 1 heterocycles. The molecule has 86 valence electrons. The van der Waals surface area contributed by atoms with Crippen LogP contribution in [0.3, 0.4) is 0 Å². The summed E-state index contributed by atoms with van der Waals surface area (Å²) < 4.78 is 0. The Labute approximate surface area is 92.1 Å². The van der Waals surface area contributed by atoms with Gasteiger partial charge in [0.15, 0.2) is 5.96 Å². The molecule has 0 spiro atoms. The van der Waals surface area contributed by atoms with Crippen molar-refractivity contribution in [3.05, 3.63) is 0 Å². The SMILES string of the molecule is CN1CCC(CN(C)C(N)=NC2CC2)C1. The second-order valence-corrected chi connectivity index (χ2v) is 5.02. The van der Waals surface area contributed by atoms with Crippen molar-refractivity contribution in [1.82, 2.24) is 9.80 Å². The van der Waals surface area contributed by atoms with E-state index in [1.54, 1.807) is 0 Å². The van der Waals surface area contributed by atoms with E-state index in [0.29, 0.717) is 6.04 Å². The topological polar surface area (TPSA) is 44.9 Å². The Morgan fingerprint density at radius 1 is 1.47 bits per heavy atom. The minimum atomic E-state index is 0.527. The number of aliphatic imine (C=N–C) groups is 1. The Morgan fingerprint density at radius 2 is 2.20 bits per heavy atom. The fraction of sp³-hybridized carbons (Fsp3) is 0.909. The molecular weight excluding hydrogens is 188 g/mol. The molecule has 2 N–H and O–H groups in total. The molecular formula is C11H22N4. The van der Waals surface area contributed by atoms with Crippen molar-refractivity contribution in [1.29, 1.82) is 0 Å². The highest BCUT2D eigenvalue weighted by Crippen LogP contribution is 2.23. The van der Waals surface area contributed by atoms with Gasteiger partial charge in [-0.1, -0.05) is 0 Å². The standard InChI is InChI=1S/C11H22N4/c1-14-6-5-9(7-14)8-15(2)11(12)13-10-3-4-10/h9-10H,3-8H2,1-2H3,(H2,12,13). The Kier molecular flexibility index (Phi) is 3.14. The number of hydrogen-bond acceptors (Lipinski definition) is 2. The smallest absolute Gasteiger partial charge is 0.191 e. The van der Waals surface area contributed by atoms with Gasteiger partial charge in [0.1, 0.15) is 0 Å². The number of likely N-dealkylation sites (tertiary alicyclic amines) is 1. The molecule has 15 heavy (non-hydrogen) atoms. The van der Waals surface area contributed by atoms with Gasteiger partial charge < -0.3 is 15.5 Å². The maximum Gasteiger partial charge on any atom is 0.191 e. The van der Waals surface area contributed by atoms with Crippen LogP contribution in [0.1, 0.15) is 19.3 Å². The van der Waals surface area contributed by atoms with E-state index in [-0.39, 0.29) is 0 Å². The van der Waals surface area contributed by atoms with Crippen LogP contribution in [0.2, 0.25) is 0 Å². The van der Waals surface area contributed by atoms with Gasteiger partial charge in [0.05, 0.1) is 6.04 Å². The lowest BCUT2D eigenvalue weighted by Crippen LogP contribution is -2.38. The predicted octanol–water partition coefficient (Wildman–Crippen LogP) is 0.347. The summed E-state index contributed by atoms with van der Waals surface area (Å²) in [6.45, 7) is 3.46. The Morgan fingerprint density at radius 3 is 2.73 bits per heavy atom. The summed E-state index contributed by atoms with van der Waals surface area (Å²) in [6.07, 6.45) is 3.74.